The maximum absolute atomic E-state index is 12.8. The molecule has 1 aromatic carbocycles. The molecule has 0 aromatic heterocycles. The summed E-state index contributed by atoms with van der Waals surface area (Å²) in [6.45, 7) is 9.14. The highest BCUT2D eigenvalue weighted by Crippen LogP contribution is 2.18. The molecule has 0 aliphatic carbocycles. The molecule has 0 saturated heterocycles. The summed E-state index contributed by atoms with van der Waals surface area (Å²) >= 11 is 0. The van der Waals surface area contributed by atoms with Crippen molar-refractivity contribution in [2.24, 2.45) is 0 Å². The maximum Gasteiger partial charge on any atom is 0.220 e. The van der Waals surface area contributed by atoms with Crippen LogP contribution in [-0.4, -0.2) is 11.7 Å². The molecule has 1 unspecified atom stereocenters. The smallest absolute Gasteiger partial charge is 0.220 e. The number of amides is 1. The second-order valence-electron chi connectivity index (χ2n) is 5.40. The molecule has 1 amide bonds. The highest BCUT2D eigenvalue weighted by atomic mass is 31.0. The highest BCUT2D eigenvalue weighted by Gasteiger charge is 2.13. The Labute approximate surface area is 146 Å². The van der Waals surface area contributed by atoms with Gasteiger partial charge in [0.15, 0.2) is 5.78 Å². The van der Waals surface area contributed by atoms with Crippen molar-refractivity contribution in [3.8, 4) is 0 Å². The van der Waals surface area contributed by atoms with Gasteiger partial charge in [-0.2, -0.15) is 0 Å². The first-order valence-electron chi connectivity index (χ1n) is 7.77. The number of rotatable bonds is 7. The van der Waals surface area contributed by atoms with Crippen LogP contribution in [0.15, 0.2) is 66.4 Å². The van der Waals surface area contributed by atoms with Crippen LogP contribution in [0.4, 0.5) is 0 Å². The van der Waals surface area contributed by atoms with Gasteiger partial charge in [-0.15, -0.1) is 9.24 Å². The minimum atomic E-state index is -0.172. The number of hydrogen-bond donors (Lipinski definition) is 1. The molecule has 0 aliphatic rings. The Hall–Kier alpha value is -2.25. The molecule has 24 heavy (non-hydrogen) atoms. The maximum atomic E-state index is 12.8. The normalized spacial score (nSPS) is 12.3. The quantitative estimate of drug-likeness (QED) is 0.467. The van der Waals surface area contributed by atoms with E-state index in [9.17, 15) is 9.59 Å². The van der Waals surface area contributed by atoms with E-state index in [-0.39, 0.29) is 11.7 Å². The number of ketones is 1. The molecule has 0 aliphatic heterocycles. The molecular formula is C20H24NO2P. The largest absolute Gasteiger partial charge is 0.330 e. The number of hydrogen-bond acceptors (Lipinski definition) is 2. The zero-order valence-corrected chi connectivity index (χ0v) is 15.6. The average Bonchev–Trinajstić information content (AvgIpc) is 2.52. The summed E-state index contributed by atoms with van der Waals surface area (Å²) in [5.41, 5.74) is 2.29. The summed E-state index contributed by atoms with van der Waals surface area (Å²) in [5, 5.41) is 3.72. The van der Waals surface area contributed by atoms with Crippen LogP contribution in [-0.2, 0) is 9.59 Å². The van der Waals surface area contributed by atoms with E-state index < -0.39 is 0 Å². The van der Waals surface area contributed by atoms with E-state index in [0.717, 1.165) is 17.3 Å². The lowest BCUT2D eigenvalue weighted by molar-refractivity contribution is -0.118. The van der Waals surface area contributed by atoms with Crippen molar-refractivity contribution in [2.75, 3.05) is 0 Å². The van der Waals surface area contributed by atoms with Gasteiger partial charge in [0.05, 0.1) is 0 Å². The third-order valence-electron chi connectivity index (χ3n) is 3.19. The zero-order chi connectivity index (χ0) is 18.1. The number of carbonyl (C=O) groups is 2. The van der Waals surface area contributed by atoms with Crippen molar-refractivity contribution in [1.29, 1.82) is 0 Å². The van der Waals surface area contributed by atoms with Crippen molar-refractivity contribution in [1.82, 2.24) is 5.32 Å². The molecule has 1 aromatic rings. The lowest BCUT2D eigenvalue weighted by Gasteiger charge is -2.08. The Balaban J connectivity index is 3.13. The number of benzene rings is 1. The standard InChI is InChI=1S/C20H24NO2P/c1-5-6-7-8-18(13-14(2)21-16(4)22)20(23)15(3)17-9-11-19(24)12-10-17/h6-13H,3,5,24H2,1-2,4H3,(H,21,22)/b7-6+,14-13+,18-8+. The first-order chi connectivity index (χ1) is 11.3. The summed E-state index contributed by atoms with van der Waals surface area (Å²) in [4.78, 5) is 23.9. The van der Waals surface area contributed by atoms with Gasteiger partial charge in [0.1, 0.15) is 0 Å². The molecule has 3 nitrogen and oxygen atoms in total. The lowest BCUT2D eigenvalue weighted by Crippen LogP contribution is -2.18. The van der Waals surface area contributed by atoms with E-state index in [4.69, 9.17) is 0 Å². The fourth-order valence-corrected chi connectivity index (χ4v) is 2.23. The van der Waals surface area contributed by atoms with Gasteiger partial charge in [-0.3, -0.25) is 9.59 Å². The van der Waals surface area contributed by atoms with Gasteiger partial charge in [-0.1, -0.05) is 56.0 Å². The molecule has 126 valence electrons. The van der Waals surface area contributed by atoms with E-state index in [2.05, 4.69) is 21.1 Å². The Kier molecular flexibility index (Phi) is 8.08. The zero-order valence-electron chi connectivity index (χ0n) is 14.4. The summed E-state index contributed by atoms with van der Waals surface area (Å²) in [5.74, 6) is -0.341. The molecular weight excluding hydrogens is 317 g/mol. The number of allylic oxidation sites excluding steroid dienone is 7. The van der Waals surface area contributed by atoms with Crippen LogP contribution in [0.2, 0.25) is 0 Å². The molecule has 1 rings (SSSR count). The summed E-state index contributed by atoms with van der Waals surface area (Å²) in [6, 6.07) is 7.56. The van der Waals surface area contributed by atoms with E-state index in [1.165, 1.54) is 6.92 Å². The van der Waals surface area contributed by atoms with Gasteiger partial charge in [0.25, 0.3) is 0 Å². The number of carbonyl (C=O) groups excluding carboxylic acids is 2. The Morgan fingerprint density at radius 3 is 2.38 bits per heavy atom. The molecule has 1 N–H and O–H groups in total. The van der Waals surface area contributed by atoms with Crippen molar-refractivity contribution < 1.29 is 9.59 Å². The third kappa shape index (κ3) is 6.47. The molecule has 0 fully saturated rings. The molecule has 0 radical (unpaired) electrons. The van der Waals surface area contributed by atoms with E-state index in [1.54, 1.807) is 19.1 Å². The molecule has 0 spiro atoms. The van der Waals surface area contributed by atoms with Gasteiger partial charge in [-0.05, 0) is 30.3 Å². The van der Waals surface area contributed by atoms with Crippen LogP contribution in [0, 0.1) is 0 Å². The van der Waals surface area contributed by atoms with Crippen molar-refractivity contribution in [3.63, 3.8) is 0 Å². The van der Waals surface area contributed by atoms with E-state index >= 15 is 0 Å². The first-order valence-corrected chi connectivity index (χ1v) is 8.35. The molecule has 1 atom stereocenters. The van der Waals surface area contributed by atoms with Gasteiger partial charge in [0, 0.05) is 23.8 Å². The van der Waals surface area contributed by atoms with Crippen molar-refractivity contribution in [3.05, 3.63) is 72.0 Å². The van der Waals surface area contributed by atoms with E-state index in [1.807, 2.05) is 43.3 Å². The van der Waals surface area contributed by atoms with Crippen molar-refractivity contribution >= 4 is 31.8 Å². The second kappa shape index (κ2) is 9.79. The topological polar surface area (TPSA) is 46.2 Å². The molecule has 0 heterocycles. The SMILES string of the molecule is C=C(C(=O)C(/C=C(\C)NC(C)=O)=C/C=C/CC)c1ccc(P)cc1. The van der Waals surface area contributed by atoms with Crippen LogP contribution >= 0.6 is 9.24 Å². The number of Topliss-reactive ketones (excluding diaryl/α,β-unsaturated/α-hetero) is 1. The summed E-state index contributed by atoms with van der Waals surface area (Å²) in [6.07, 6.45) is 8.08. The Morgan fingerprint density at radius 1 is 1.21 bits per heavy atom. The first kappa shape index (κ1) is 19.8. The van der Waals surface area contributed by atoms with E-state index in [0.29, 0.717) is 16.8 Å². The minimum Gasteiger partial charge on any atom is -0.330 e. The summed E-state index contributed by atoms with van der Waals surface area (Å²) in [7, 11) is 2.61. The fourth-order valence-electron chi connectivity index (χ4n) is 2.03. The van der Waals surface area contributed by atoms with Gasteiger partial charge >= 0.3 is 0 Å². The fraction of sp³-hybridized carbons (Fsp3) is 0.200. The van der Waals surface area contributed by atoms with Crippen LogP contribution < -0.4 is 10.6 Å². The Bertz CT molecular complexity index is 710. The molecule has 0 bridgehead atoms. The minimum absolute atomic E-state index is 0.169. The average molecular weight is 341 g/mol. The van der Waals surface area contributed by atoms with Gasteiger partial charge in [-0.25, -0.2) is 0 Å². The monoisotopic (exact) mass is 341 g/mol. The van der Waals surface area contributed by atoms with Crippen LogP contribution in [0.5, 0.6) is 0 Å². The Morgan fingerprint density at radius 2 is 1.83 bits per heavy atom. The predicted octanol–water partition coefficient (Wildman–Crippen LogP) is 3.70. The highest BCUT2D eigenvalue weighted by molar-refractivity contribution is 7.27. The predicted molar refractivity (Wildman–Crippen MR) is 105 cm³/mol. The van der Waals surface area contributed by atoms with Crippen LogP contribution in [0.25, 0.3) is 5.57 Å². The van der Waals surface area contributed by atoms with Crippen LogP contribution in [0.3, 0.4) is 0 Å². The van der Waals surface area contributed by atoms with Gasteiger partial charge < -0.3 is 5.32 Å². The second-order valence-corrected chi connectivity index (χ2v) is 6.06. The number of nitrogens with one attached hydrogen (secondary N) is 1. The van der Waals surface area contributed by atoms with Crippen LogP contribution in [0.1, 0.15) is 32.8 Å². The molecule has 4 heteroatoms. The lowest BCUT2D eigenvalue weighted by atomic mass is 9.97. The third-order valence-corrected chi connectivity index (χ3v) is 3.57. The van der Waals surface area contributed by atoms with Crippen molar-refractivity contribution in [2.45, 2.75) is 27.2 Å². The van der Waals surface area contributed by atoms with Gasteiger partial charge in [0.2, 0.25) is 5.91 Å². The molecule has 0 saturated carbocycles. The summed E-state index contributed by atoms with van der Waals surface area (Å²) < 4.78 is 0.